The van der Waals surface area contributed by atoms with Crippen LogP contribution in [0.4, 0.5) is 0 Å². The lowest BCUT2D eigenvalue weighted by atomic mass is 9.85. The SMILES string of the molecule is CC1(CC2CCCOC2)CCCN1. The summed E-state index contributed by atoms with van der Waals surface area (Å²) < 4.78 is 5.51. The Kier molecular flexibility index (Phi) is 2.89. The fourth-order valence-electron chi connectivity index (χ4n) is 2.74. The van der Waals surface area contributed by atoms with Gasteiger partial charge in [0.25, 0.3) is 0 Å². The maximum Gasteiger partial charge on any atom is 0.0494 e. The quantitative estimate of drug-likeness (QED) is 0.706. The molecule has 2 atom stereocenters. The van der Waals surface area contributed by atoms with Gasteiger partial charge < -0.3 is 10.1 Å². The maximum absolute atomic E-state index is 5.51. The van der Waals surface area contributed by atoms with E-state index >= 15 is 0 Å². The van der Waals surface area contributed by atoms with Crippen molar-refractivity contribution in [3.05, 3.63) is 0 Å². The van der Waals surface area contributed by atoms with Gasteiger partial charge in [0.15, 0.2) is 0 Å². The highest BCUT2D eigenvalue weighted by Crippen LogP contribution is 2.29. The molecule has 2 heteroatoms. The van der Waals surface area contributed by atoms with E-state index in [4.69, 9.17) is 4.74 Å². The Labute approximate surface area is 81.0 Å². The summed E-state index contributed by atoms with van der Waals surface area (Å²) in [6.45, 7) is 5.57. The molecule has 1 N–H and O–H groups in total. The summed E-state index contributed by atoms with van der Waals surface area (Å²) in [5.74, 6) is 0.810. The minimum absolute atomic E-state index is 0.422. The average molecular weight is 183 g/mol. The Morgan fingerprint density at radius 3 is 3.00 bits per heavy atom. The zero-order chi connectivity index (χ0) is 9.15. The third kappa shape index (κ3) is 2.44. The minimum atomic E-state index is 0.422. The van der Waals surface area contributed by atoms with E-state index in [1.54, 1.807) is 0 Å². The first-order valence-electron chi connectivity index (χ1n) is 5.61. The molecule has 0 aromatic carbocycles. The minimum Gasteiger partial charge on any atom is -0.381 e. The molecule has 13 heavy (non-hydrogen) atoms. The summed E-state index contributed by atoms with van der Waals surface area (Å²) >= 11 is 0. The zero-order valence-corrected chi connectivity index (χ0v) is 8.64. The smallest absolute Gasteiger partial charge is 0.0494 e. The molecule has 0 spiro atoms. The predicted octanol–water partition coefficient (Wildman–Crippen LogP) is 1.95. The molecule has 2 rings (SSSR count). The van der Waals surface area contributed by atoms with Crippen molar-refractivity contribution < 1.29 is 4.74 Å². The predicted molar refractivity (Wildman–Crippen MR) is 53.8 cm³/mol. The van der Waals surface area contributed by atoms with Crippen molar-refractivity contribution in [1.29, 1.82) is 0 Å². The van der Waals surface area contributed by atoms with Gasteiger partial charge in [-0.15, -0.1) is 0 Å². The average Bonchev–Trinajstić information content (AvgIpc) is 2.54. The number of rotatable bonds is 2. The van der Waals surface area contributed by atoms with Crippen LogP contribution in [0.2, 0.25) is 0 Å². The highest BCUT2D eigenvalue weighted by atomic mass is 16.5. The van der Waals surface area contributed by atoms with Crippen LogP contribution in [-0.2, 0) is 4.74 Å². The van der Waals surface area contributed by atoms with E-state index in [9.17, 15) is 0 Å². The van der Waals surface area contributed by atoms with Gasteiger partial charge in [0.1, 0.15) is 0 Å². The Bertz CT molecular complexity index is 157. The van der Waals surface area contributed by atoms with Crippen LogP contribution in [0.1, 0.15) is 39.0 Å². The van der Waals surface area contributed by atoms with E-state index in [0.29, 0.717) is 5.54 Å². The van der Waals surface area contributed by atoms with Crippen molar-refractivity contribution in [3.8, 4) is 0 Å². The molecule has 0 aromatic rings. The standard InChI is InChI=1S/C11H21NO/c1-11(5-3-6-12-11)8-10-4-2-7-13-9-10/h10,12H,2-9H2,1H3. The van der Waals surface area contributed by atoms with Gasteiger partial charge in [0.05, 0.1) is 0 Å². The van der Waals surface area contributed by atoms with Gasteiger partial charge in [-0.25, -0.2) is 0 Å². The van der Waals surface area contributed by atoms with Gasteiger partial charge in [-0.3, -0.25) is 0 Å². The summed E-state index contributed by atoms with van der Waals surface area (Å²) in [7, 11) is 0. The number of hydrogen-bond acceptors (Lipinski definition) is 2. The number of nitrogens with one attached hydrogen (secondary N) is 1. The molecule has 0 bridgehead atoms. The van der Waals surface area contributed by atoms with E-state index in [1.165, 1.54) is 38.6 Å². The Hall–Kier alpha value is -0.0800. The molecule has 2 unspecified atom stereocenters. The van der Waals surface area contributed by atoms with Crippen molar-refractivity contribution in [2.24, 2.45) is 5.92 Å². The third-order valence-corrected chi connectivity index (χ3v) is 3.45. The van der Waals surface area contributed by atoms with Gasteiger partial charge in [-0.05, 0) is 51.5 Å². The molecule has 0 saturated carbocycles. The maximum atomic E-state index is 5.51. The number of ether oxygens (including phenoxy) is 1. The van der Waals surface area contributed by atoms with Crippen LogP contribution in [0.25, 0.3) is 0 Å². The molecule has 0 amide bonds. The second-order valence-corrected chi connectivity index (χ2v) is 4.88. The van der Waals surface area contributed by atoms with Crippen LogP contribution < -0.4 is 5.32 Å². The van der Waals surface area contributed by atoms with Crippen molar-refractivity contribution >= 4 is 0 Å². The van der Waals surface area contributed by atoms with Crippen LogP contribution in [0.3, 0.4) is 0 Å². The highest BCUT2D eigenvalue weighted by Gasteiger charge is 2.31. The summed E-state index contributed by atoms with van der Waals surface area (Å²) in [5, 5.41) is 3.62. The van der Waals surface area contributed by atoms with Crippen LogP contribution in [0, 0.1) is 5.92 Å². The van der Waals surface area contributed by atoms with E-state index in [1.807, 2.05) is 0 Å². The third-order valence-electron chi connectivity index (χ3n) is 3.45. The van der Waals surface area contributed by atoms with E-state index < -0.39 is 0 Å². The second kappa shape index (κ2) is 3.97. The van der Waals surface area contributed by atoms with Crippen molar-refractivity contribution in [2.75, 3.05) is 19.8 Å². The fraction of sp³-hybridized carbons (Fsp3) is 1.00. The Balaban J connectivity index is 1.81. The monoisotopic (exact) mass is 183 g/mol. The van der Waals surface area contributed by atoms with Gasteiger partial charge >= 0.3 is 0 Å². The van der Waals surface area contributed by atoms with Crippen LogP contribution >= 0.6 is 0 Å². The largest absolute Gasteiger partial charge is 0.381 e. The fourth-order valence-corrected chi connectivity index (χ4v) is 2.74. The zero-order valence-electron chi connectivity index (χ0n) is 8.64. The molecule has 0 aliphatic carbocycles. The first-order valence-corrected chi connectivity index (χ1v) is 5.61. The molecular formula is C11H21NO. The Morgan fingerprint density at radius 2 is 2.38 bits per heavy atom. The van der Waals surface area contributed by atoms with Gasteiger partial charge in [0, 0.05) is 18.8 Å². The van der Waals surface area contributed by atoms with Gasteiger partial charge in [-0.1, -0.05) is 0 Å². The molecule has 2 nitrogen and oxygen atoms in total. The molecule has 0 radical (unpaired) electrons. The van der Waals surface area contributed by atoms with Gasteiger partial charge in [0.2, 0.25) is 0 Å². The first kappa shape index (κ1) is 9.47. The van der Waals surface area contributed by atoms with Crippen LogP contribution in [0.15, 0.2) is 0 Å². The second-order valence-electron chi connectivity index (χ2n) is 4.88. The van der Waals surface area contributed by atoms with E-state index in [0.717, 1.165) is 19.1 Å². The van der Waals surface area contributed by atoms with Crippen molar-refractivity contribution in [3.63, 3.8) is 0 Å². The van der Waals surface area contributed by atoms with E-state index in [2.05, 4.69) is 12.2 Å². The lowest BCUT2D eigenvalue weighted by Crippen LogP contribution is -2.39. The summed E-state index contributed by atoms with van der Waals surface area (Å²) in [6.07, 6.45) is 6.65. The van der Waals surface area contributed by atoms with Crippen LogP contribution in [0.5, 0.6) is 0 Å². The molecule has 2 fully saturated rings. The van der Waals surface area contributed by atoms with Gasteiger partial charge in [-0.2, -0.15) is 0 Å². The lowest BCUT2D eigenvalue weighted by molar-refractivity contribution is 0.0418. The van der Waals surface area contributed by atoms with Crippen LogP contribution in [-0.4, -0.2) is 25.3 Å². The number of hydrogen-bond donors (Lipinski definition) is 1. The molecule has 2 aliphatic rings. The molecule has 0 aromatic heterocycles. The molecule has 2 aliphatic heterocycles. The summed E-state index contributed by atoms with van der Waals surface area (Å²) in [5.41, 5.74) is 0.422. The molecular weight excluding hydrogens is 162 g/mol. The normalized spacial score (nSPS) is 40.8. The van der Waals surface area contributed by atoms with Crippen molar-refractivity contribution in [2.45, 2.75) is 44.6 Å². The first-order chi connectivity index (χ1) is 6.29. The summed E-state index contributed by atoms with van der Waals surface area (Å²) in [4.78, 5) is 0. The topological polar surface area (TPSA) is 21.3 Å². The molecule has 76 valence electrons. The Morgan fingerprint density at radius 1 is 1.46 bits per heavy atom. The summed E-state index contributed by atoms with van der Waals surface area (Å²) in [6, 6.07) is 0. The highest BCUT2D eigenvalue weighted by molar-refractivity contribution is 4.90. The molecule has 2 saturated heterocycles. The van der Waals surface area contributed by atoms with E-state index in [-0.39, 0.29) is 0 Å². The lowest BCUT2D eigenvalue weighted by Gasteiger charge is -2.31. The van der Waals surface area contributed by atoms with Crippen molar-refractivity contribution in [1.82, 2.24) is 5.32 Å². The molecule has 2 heterocycles.